The minimum absolute atomic E-state index is 0.00264. The Morgan fingerprint density at radius 1 is 1.04 bits per heavy atom. The van der Waals surface area contributed by atoms with Crippen LogP contribution in [-0.4, -0.2) is 38.8 Å². The van der Waals surface area contributed by atoms with Crippen molar-refractivity contribution in [3.8, 4) is 11.5 Å². The van der Waals surface area contributed by atoms with Gasteiger partial charge in [-0.3, -0.25) is 4.79 Å². The van der Waals surface area contributed by atoms with Crippen LogP contribution >= 0.6 is 0 Å². The number of rotatable bonds is 11. The van der Waals surface area contributed by atoms with Crippen molar-refractivity contribution in [1.29, 1.82) is 0 Å². The van der Waals surface area contributed by atoms with Crippen LogP contribution in [0.3, 0.4) is 0 Å². The number of hydrogen-bond acceptors (Lipinski definition) is 4. The van der Waals surface area contributed by atoms with Crippen molar-refractivity contribution in [3.05, 3.63) is 60.2 Å². The highest BCUT2D eigenvalue weighted by atomic mass is 16.5. The van der Waals surface area contributed by atoms with E-state index in [4.69, 9.17) is 9.47 Å². The van der Waals surface area contributed by atoms with Crippen LogP contribution in [0.5, 0.6) is 11.5 Å². The first-order valence-corrected chi connectivity index (χ1v) is 8.99. The molecule has 0 radical (unpaired) electrons. The Morgan fingerprint density at radius 3 is 2.46 bits per heavy atom. The minimum atomic E-state index is 0.00264. The third kappa shape index (κ3) is 7.15. The first kappa shape index (κ1) is 19.8. The number of nitrogens with one attached hydrogen (secondary N) is 2. The molecule has 0 aromatic heterocycles. The van der Waals surface area contributed by atoms with Gasteiger partial charge >= 0.3 is 0 Å². The van der Waals surface area contributed by atoms with Crippen LogP contribution in [0.4, 0.5) is 0 Å². The molecule has 0 spiro atoms. The molecule has 2 rings (SSSR count). The highest BCUT2D eigenvalue weighted by Gasteiger charge is 2.07. The molecule has 0 saturated carbocycles. The van der Waals surface area contributed by atoms with E-state index >= 15 is 0 Å². The van der Waals surface area contributed by atoms with Gasteiger partial charge in [-0.1, -0.05) is 42.5 Å². The van der Waals surface area contributed by atoms with E-state index in [-0.39, 0.29) is 18.5 Å². The van der Waals surface area contributed by atoms with Crippen LogP contribution in [-0.2, 0) is 11.2 Å². The maximum absolute atomic E-state index is 12.0. The zero-order valence-corrected chi connectivity index (χ0v) is 15.5. The van der Waals surface area contributed by atoms with Crippen LogP contribution in [0.15, 0.2) is 54.6 Å². The molecule has 140 valence electrons. The number of aryl methyl sites for hydroxylation is 1. The largest absolute Gasteiger partial charge is 0.493 e. The third-order valence-corrected chi connectivity index (χ3v) is 4.01. The predicted octanol–water partition coefficient (Wildman–Crippen LogP) is 2.80. The summed E-state index contributed by atoms with van der Waals surface area (Å²) in [7, 11) is 1.61. The van der Waals surface area contributed by atoms with Crippen molar-refractivity contribution in [2.75, 3.05) is 26.8 Å². The van der Waals surface area contributed by atoms with Crippen LogP contribution in [0.1, 0.15) is 18.9 Å². The summed E-state index contributed by atoms with van der Waals surface area (Å²) < 4.78 is 10.9. The molecule has 26 heavy (non-hydrogen) atoms. The third-order valence-electron chi connectivity index (χ3n) is 4.01. The maximum atomic E-state index is 12.0. The minimum Gasteiger partial charge on any atom is -0.493 e. The topological polar surface area (TPSA) is 59.6 Å². The van der Waals surface area contributed by atoms with Gasteiger partial charge in [-0.05, 0) is 37.5 Å². The van der Waals surface area contributed by atoms with Crippen molar-refractivity contribution in [3.63, 3.8) is 0 Å². The van der Waals surface area contributed by atoms with Gasteiger partial charge in [-0.25, -0.2) is 0 Å². The molecular formula is C21H28N2O3. The molecule has 2 N–H and O–H groups in total. The van der Waals surface area contributed by atoms with Gasteiger partial charge in [0.2, 0.25) is 5.91 Å². The fourth-order valence-corrected chi connectivity index (χ4v) is 2.60. The summed E-state index contributed by atoms with van der Waals surface area (Å²) in [6, 6.07) is 18.0. The second-order valence-corrected chi connectivity index (χ2v) is 6.17. The molecule has 1 amide bonds. The number of carbonyl (C=O) groups is 1. The predicted molar refractivity (Wildman–Crippen MR) is 104 cm³/mol. The van der Waals surface area contributed by atoms with Crippen molar-refractivity contribution < 1.29 is 14.3 Å². The van der Waals surface area contributed by atoms with Crippen LogP contribution in [0.25, 0.3) is 0 Å². The standard InChI is InChI=1S/C21H28N2O3/c1-17(12-13-18-8-4-3-5-9-18)23-21(24)16-22-14-15-26-20-11-7-6-10-19(20)25-2/h3-11,17,22H,12-16H2,1-2H3,(H,23,24)/t17-/m0/s1. The summed E-state index contributed by atoms with van der Waals surface area (Å²) >= 11 is 0. The summed E-state index contributed by atoms with van der Waals surface area (Å²) in [5.74, 6) is 1.41. The molecule has 0 bridgehead atoms. The van der Waals surface area contributed by atoms with E-state index < -0.39 is 0 Å². The van der Waals surface area contributed by atoms with E-state index in [1.54, 1.807) is 7.11 Å². The van der Waals surface area contributed by atoms with Gasteiger partial charge in [0.15, 0.2) is 11.5 Å². The molecule has 1 atom stereocenters. The number of ether oxygens (including phenoxy) is 2. The lowest BCUT2D eigenvalue weighted by molar-refractivity contribution is -0.120. The average Bonchev–Trinajstić information content (AvgIpc) is 2.67. The maximum Gasteiger partial charge on any atom is 0.234 e. The number of hydrogen-bond donors (Lipinski definition) is 2. The summed E-state index contributed by atoms with van der Waals surface area (Å²) in [6.45, 7) is 3.37. The van der Waals surface area contributed by atoms with Gasteiger partial charge in [0, 0.05) is 12.6 Å². The van der Waals surface area contributed by atoms with Crippen molar-refractivity contribution >= 4 is 5.91 Å². The summed E-state index contributed by atoms with van der Waals surface area (Å²) in [5.41, 5.74) is 1.29. The number of para-hydroxylation sites is 2. The van der Waals surface area contributed by atoms with E-state index in [9.17, 15) is 4.79 Å². The van der Waals surface area contributed by atoms with E-state index in [0.29, 0.717) is 24.7 Å². The molecule has 0 fully saturated rings. The molecule has 2 aromatic carbocycles. The normalized spacial score (nSPS) is 11.6. The Hall–Kier alpha value is -2.53. The van der Waals surface area contributed by atoms with Gasteiger partial charge < -0.3 is 20.1 Å². The monoisotopic (exact) mass is 356 g/mol. The zero-order valence-electron chi connectivity index (χ0n) is 15.5. The molecular weight excluding hydrogens is 328 g/mol. The molecule has 5 nitrogen and oxygen atoms in total. The van der Waals surface area contributed by atoms with E-state index in [1.807, 2.05) is 49.4 Å². The molecule has 0 aliphatic heterocycles. The van der Waals surface area contributed by atoms with E-state index in [1.165, 1.54) is 5.56 Å². The molecule has 0 aliphatic rings. The Labute approximate surface area is 155 Å². The second kappa shape index (κ2) is 11.2. The Kier molecular flexibility index (Phi) is 8.49. The van der Waals surface area contributed by atoms with Gasteiger partial charge in [0.1, 0.15) is 6.61 Å². The summed E-state index contributed by atoms with van der Waals surface area (Å²) in [6.07, 6.45) is 1.88. The van der Waals surface area contributed by atoms with E-state index in [0.717, 1.165) is 12.8 Å². The quantitative estimate of drug-likeness (QED) is 0.608. The van der Waals surface area contributed by atoms with Gasteiger partial charge in [-0.15, -0.1) is 0 Å². The molecule has 0 aliphatic carbocycles. The van der Waals surface area contributed by atoms with Crippen LogP contribution < -0.4 is 20.1 Å². The Balaban J connectivity index is 1.57. The van der Waals surface area contributed by atoms with Crippen molar-refractivity contribution in [2.45, 2.75) is 25.8 Å². The van der Waals surface area contributed by atoms with Crippen LogP contribution in [0.2, 0.25) is 0 Å². The smallest absolute Gasteiger partial charge is 0.234 e. The zero-order chi connectivity index (χ0) is 18.6. The lowest BCUT2D eigenvalue weighted by atomic mass is 10.1. The molecule has 0 unspecified atom stereocenters. The second-order valence-electron chi connectivity index (χ2n) is 6.17. The molecule has 2 aromatic rings. The van der Waals surface area contributed by atoms with Crippen LogP contribution in [0, 0.1) is 0 Å². The number of amides is 1. The van der Waals surface area contributed by atoms with E-state index in [2.05, 4.69) is 22.8 Å². The number of benzene rings is 2. The van der Waals surface area contributed by atoms with Gasteiger partial charge in [0.25, 0.3) is 0 Å². The Bertz CT molecular complexity index is 661. The molecule has 5 heteroatoms. The Morgan fingerprint density at radius 2 is 1.73 bits per heavy atom. The fraction of sp³-hybridized carbons (Fsp3) is 0.381. The molecule has 0 heterocycles. The number of carbonyl (C=O) groups excluding carboxylic acids is 1. The average molecular weight is 356 g/mol. The van der Waals surface area contributed by atoms with Crippen molar-refractivity contribution in [2.24, 2.45) is 0 Å². The first-order valence-electron chi connectivity index (χ1n) is 8.99. The van der Waals surface area contributed by atoms with Gasteiger partial charge in [0.05, 0.1) is 13.7 Å². The highest BCUT2D eigenvalue weighted by molar-refractivity contribution is 5.78. The van der Waals surface area contributed by atoms with Crippen molar-refractivity contribution in [1.82, 2.24) is 10.6 Å². The molecule has 0 saturated heterocycles. The highest BCUT2D eigenvalue weighted by Crippen LogP contribution is 2.25. The fourth-order valence-electron chi connectivity index (χ4n) is 2.60. The number of methoxy groups -OCH3 is 1. The lowest BCUT2D eigenvalue weighted by Crippen LogP contribution is -2.40. The van der Waals surface area contributed by atoms with Gasteiger partial charge in [-0.2, -0.15) is 0 Å². The SMILES string of the molecule is COc1ccccc1OCCNCC(=O)N[C@@H](C)CCc1ccccc1. The summed E-state index contributed by atoms with van der Waals surface area (Å²) in [5, 5.41) is 6.11. The first-order chi connectivity index (χ1) is 12.7. The summed E-state index contributed by atoms with van der Waals surface area (Å²) in [4.78, 5) is 12.0. The lowest BCUT2D eigenvalue weighted by Gasteiger charge is -2.14.